The number of carbonyl (C=O) groups is 2. The lowest BCUT2D eigenvalue weighted by molar-refractivity contribution is -0.348. The lowest BCUT2D eigenvalue weighted by atomic mass is 9.92. The standard InChI is InChI=1S/C25H16F8N2O2/c1-13-11-15(23(27,24(28,29)30)25(31,32)33)9-10-18(13)34-21(36)17-7-4-8-19(20(17)26)35-12-14-5-2-3-6-16(14)22(35)37/h2-11H,12H2,1H3,(H,34,36). The molecule has 0 saturated carbocycles. The number of nitrogens with one attached hydrogen (secondary N) is 1. The second-order valence-electron chi connectivity index (χ2n) is 8.32. The van der Waals surface area contributed by atoms with E-state index in [1.807, 2.05) is 0 Å². The number of amides is 2. The first-order valence-electron chi connectivity index (χ1n) is 10.6. The van der Waals surface area contributed by atoms with Crippen molar-refractivity contribution in [3.8, 4) is 0 Å². The number of hydrogen-bond donors (Lipinski definition) is 1. The molecule has 0 unspecified atom stereocenters. The summed E-state index contributed by atoms with van der Waals surface area (Å²) in [5.74, 6) is -2.63. The summed E-state index contributed by atoms with van der Waals surface area (Å²) in [7, 11) is 0. The highest BCUT2D eigenvalue weighted by Crippen LogP contribution is 2.53. The van der Waals surface area contributed by atoms with Crippen LogP contribution in [-0.4, -0.2) is 24.2 Å². The molecule has 3 aromatic rings. The molecule has 4 rings (SSSR count). The zero-order valence-corrected chi connectivity index (χ0v) is 18.8. The third-order valence-corrected chi connectivity index (χ3v) is 5.99. The van der Waals surface area contributed by atoms with Crippen LogP contribution in [0.15, 0.2) is 60.7 Å². The minimum absolute atomic E-state index is 0.0565. The Balaban J connectivity index is 1.62. The number of rotatable bonds is 4. The van der Waals surface area contributed by atoms with Crippen LogP contribution in [-0.2, 0) is 12.2 Å². The molecule has 0 aromatic heterocycles. The minimum Gasteiger partial charge on any atom is -0.322 e. The van der Waals surface area contributed by atoms with Crippen LogP contribution in [0, 0.1) is 12.7 Å². The van der Waals surface area contributed by atoms with Gasteiger partial charge in [-0.2, -0.15) is 26.3 Å². The highest BCUT2D eigenvalue weighted by atomic mass is 19.4. The van der Waals surface area contributed by atoms with Gasteiger partial charge in [-0.3, -0.25) is 9.59 Å². The molecule has 0 atom stereocenters. The second kappa shape index (κ2) is 8.86. The smallest absolute Gasteiger partial charge is 0.322 e. The van der Waals surface area contributed by atoms with Crippen molar-refractivity contribution in [3.05, 3.63) is 94.3 Å². The molecule has 1 heterocycles. The molecule has 0 aliphatic carbocycles. The van der Waals surface area contributed by atoms with E-state index in [9.17, 15) is 40.3 Å². The van der Waals surface area contributed by atoms with E-state index in [0.717, 1.165) is 17.9 Å². The van der Waals surface area contributed by atoms with Crippen LogP contribution in [0.1, 0.15) is 37.4 Å². The van der Waals surface area contributed by atoms with Gasteiger partial charge < -0.3 is 10.2 Å². The molecule has 2 amide bonds. The summed E-state index contributed by atoms with van der Waals surface area (Å²) in [4.78, 5) is 26.6. The number of hydrogen-bond acceptors (Lipinski definition) is 2. The molecule has 0 radical (unpaired) electrons. The molecule has 4 nitrogen and oxygen atoms in total. The van der Waals surface area contributed by atoms with Crippen molar-refractivity contribution in [2.24, 2.45) is 0 Å². The molecule has 0 saturated heterocycles. The predicted molar refractivity (Wildman–Crippen MR) is 117 cm³/mol. The van der Waals surface area contributed by atoms with Crippen LogP contribution in [0.2, 0.25) is 0 Å². The fraction of sp³-hybridized carbons (Fsp3) is 0.200. The molecule has 1 aliphatic rings. The van der Waals surface area contributed by atoms with Crippen molar-refractivity contribution in [2.45, 2.75) is 31.5 Å². The Kier molecular flexibility index (Phi) is 6.25. The van der Waals surface area contributed by atoms with E-state index in [4.69, 9.17) is 0 Å². The number of halogens is 8. The lowest BCUT2D eigenvalue weighted by Gasteiger charge is -2.30. The summed E-state index contributed by atoms with van der Waals surface area (Å²) >= 11 is 0. The van der Waals surface area contributed by atoms with Gasteiger partial charge in [0.2, 0.25) is 0 Å². The van der Waals surface area contributed by atoms with Crippen molar-refractivity contribution in [3.63, 3.8) is 0 Å². The maximum Gasteiger partial charge on any atom is 0.435 e. The minimum atomic E-state index is -6.29. The van der Waals surface area contributed by atoms with E-state index in [1.165, 1.54) is 12.1 Å². The zero-order chi connectivity index (χ0) is 27.3. The van der Waals surface area contributed by atoms with Crippen LogP contribution >= 0.6 is 0 Å². The Morgan fingerprint density at radius 3 is 2.14 bits per heavy atom. The molecular formula is C25H16F8N2O2. The normalized spacial score (nSPS) is 14.1. The maximum atomic E-state index is 15.3. The first-order chi connectivity index (χ1) is 17.2. The Bertz CT molecular complexity index is 1380. The average Bonchev–Trinajstić information content (AvgIpc) is 3.14. The number of carbonyl (C=O) groups excluding carboxylic acids is 2. The van der Waals surface area contributed by atoms with Gasteiger partial charge in [0.05, 0.1) is 17.8 Å². The number of aryl methyl sites for hydroxylation is 1. The van der Waals surface area contributed by atoms with E-state index in [0.29, 0.717) is 23.3 Å². The largest absolute Gasteiger partial charge is 0.435 e. The monoisotopic (exact) mass is 528 g/mol. The lowest BCUT2D eigenvalue weighted by Crippen LogP contribution is -2.50. The van der Waals surface area contributed by atoms with Gasteiger partial charge >= 0.3 is 18.0 Å². The fourth-order valence-corrected chi connectivity index (χ4v) is 4.05. The number of anilines is 2. The zero-order valence-electron chi connectivity index (χ0n) is 18.8. The topological polar surface area (TPSA) is 49.4 Å². The third-order valence-electron chi connectivity index (χ3n) is 5.99. The van der Waals surface area contributed by atoms with E-state index in [2.05, 4.69) is 5.32 Å². The molecule has 3 aromatic carbocycles. The highest BCUT2D eigenvalue weighted by Gasteiger charge is 2.73. The number of fused-ring (bicyclic) bond motifs is 1. The first-order valence-corrected chi connectivity index (χ1v) is 10.6. The van der Waals surface area contributed by atoms with Crippen molar-refractivity contribution in [1.82, 2.24) is 0 Å². The van der Waals surface area contributed by atoms with E-state index >= 15 is 4.39 Å². The summed E-state index contributed by atoms with van der Waals surface area (Å²) in [6.07, 6.45) is -12.6. The Labute approximate surface area is 204 Å². The second-order valence-corrected chi connectivity index (χ2v) is 8.32. The quantitative estimate of drug-likeness (QED) is 0.377. The van der Waals surface area contributed by atoms with Gasteiger partial charge in [0, 0.05) is 16.8 Å². The Morgan fingerprint density at radius 1 is 0.892 bits per heavy atom. The van der Waals surface area contributed by atoms with Crippen LogP contribution in [0.25, 0.3) is 0 Å². The van der Waals surface area contributed by atoms with E-state index in [1.54, 1.807) is 24.3 Å². The molecule has 0 spiro atoms. The number of benzene rings is 3. The number of alkyl halides is 7. The summed E-state index contributed by atoms with van der Waals surface area (Å²) in [5, 5.41) is 2.20. The van der Waals surface area contributed by atoms with Gasteiger partial charge in [0.15, 0.2) is 5.82 Å². The fourth-order valence-electron chi connectivity index (χ4n) is 4.05. The molecule has 0 fully saturated rings. The maximum absolute atomic E-state index is 15.3. The SMILES string of the molecule is Cc1cc(C(F)(C(F)(F)F)C(F)(F)F)ccc1NC(=O)c1cccc(N2Cc3ccccc3C2=O)c1F. The summed E-state index contributed by atoms with van der Waals surface area (Å²) in [5.41, 5.74) is -7.66. The van der Waals surface area contributed by atoms with Crippen LogP contribution < -0.4 is 10.2 Å². The molecule has 0 bridgehead atoms. The van der Waals surface area contributed by atoms with Gasteiger partial charge in [-0.1, -0.05) is 36.4 Å². The van der Waals surface area contributed by atoms with Gasteiger partial charge in [-0.25, -0.2) is 8.78 Å². The molecule has 194 valence electrons. The van der Waals surface area contributed by atoms with E-state index < -0.39 is 46.8 Å². The van der Waals surface area contributed by atoms with Crippen molar-refractivity contribution in [2.75, 3.05) is 10.2 Å². The van der Waals surface area contributed by atoms with Crippen LogP contribution in [0.3, 0.4) is 0 Å². The summed E-state index contributed by atoms with van der Waals surface area (Å²) in [6.45, 7) is 1.11. The first kappa shape index (κ1) is 26.1. The Morgan fingerprint density at radius 2 is 1.54 bits per heavy atom. The van der Waals surface area contributed by atoms with Crippen molar-refractivity contribution in [1.29, 1.82) is 0 Å². The Hall–Kier alpha value is -3.96. The third kappa shape index (κ3) is 4.30. The molecular weight excluding hydrogens is 512 g/mol. The number of nitrogens with zero attached hydrogens (tertiary/aromatic N) is 1. The van der Waals surface area contributed by atoms with Gasteiger partial charge in [0.1, 0.15) is 0 Å². The van der Waals surface area contributed by atoms with Gasteiger partial charge in [-0.15, -0.1) is 0 Å². The predicted octanol–water partition coefficient (Wildman–Crippen LogP) is 6.84. The van der Waals surface area contributed by atoms with E-state index in [-0.39, 0.29) is 29.5 Å². The average molecular weight is 528 g/mol. The van der Waals surface area contributed by atoms with Gasteiger partial charge in [-0.05, 0) is 42.3 Å². The van der Waals surface area contributed by atoms with Crippen LogP contribution in [0.5, 0.6) is 0 Å². The van der Waals surface area contributed by atoms with Crippen molar-refractivity contribution >= 4 is 23.2 Å². The van der Waals surface area contributed by atoms with Crippen molar-refractivity contribution < 1.29 is 44.7 Å². The highest BCUT2D eigenvalue weighted by molar-refractivity contribution is 6.11. The van der Waals surface area contributed by atoms with Crippen LogP contribution in [0.4, 0.5) is 46.5 Å². The molecule has 37 heavy (non-hydrogen) atoms. The molecule has 1 N–H and O–H groups in total. The summed E-state index contributed by atoms with van der Waals surface area (Å²) in [6, 6.07) is 11.5. The summed E-state index contributed by atoms with van der Waals surface area (Å²) < 4.78 is 108. The van der Waals surface area contributed by atoms with Gasteiger partial charge in [0.25, 0.3) is 11.8 Å². The molecule has 1 aliphatic heterocycles. The molecule has 12 heteroatoms.